The molecule has 1 amide bonds. The number of para-hydroxylation sites is 1. The zero-order chi connectivity index (χ0) is 12.6. The highest BCUT2D eigenvalue weighted by Crippen LogP contribution is 2.30. The van der Waals surface area contributed by atoms with Gasteiger partial charge in [-0.15, -0.1) is 0 Å². The lowest BCUT2D eigenvalue weighted by Crippen LogP contribution is -2.44. The lowest BCUT2D eigenvalue weighted by atomic mass is 9.86. The van der Waals surface area contributed by atoms with E-state index in [0.29, 0.717) is 0 Å². The molecule has 1 heterocycles. The van der Waals surface area contributed by atoms with Gasteiger partial charge in [0.1, 0.15) is 11.7 Å². The fraction of sp³-hybridized carbons (Fsp3) is 0.385. The Hall–Kier alpha value is -1.68. The molecule has 1 unspecified atom stereocenters. The van der Waals surface area contributed by atoms with Crippen LogP contribution < -0.4 is 10.4 Å². The second kappa shape index (κ2) is 3.96. The number of Topliss-reactive ketones (excluding diaryl/α,β-unsaturated/α-hetero) is 1. The molecule has 90 valence electrons. The van der Waals surface area contributed by atoms with E-state index in [4.69, 9.17) is 0 Å². The minimum Gasteiger partial charge on any atom is -0.299 e. The van der Waals surface area contributed by atoms with Crippen molar-refractivity contribution in [1.29, 1.82) is 0 Å². The van der Waals surface area contributed by atoms with E-state index in [1.807, 2.05) is 44.2 Å². The van der Waals surface area contributed by atoms with Crippen molar-refractivity contribution in [2.45, 2.75) is 26.3 Å². The molecule has 1 fully saturated rings. The average molecular weight is 232 g/mol. The number of amides is 1. The van der Waals surface area contributed by atoms with Gasteiger partial charge < -0.3 is 0 Å². The summed E-state index contributed by atoms with van der Waals surface area (Å²) in [7, 11) is 0. The van der Waals surface area contributed by atoms with Gasteiger partial charge in [-0.3, -0.25) is 9.59 Å². The van der Waals surface area contributed by atoms with Crippen molar-refractivity contribution >= 4 is 17.4 Å². The molecule has 1 aromatic carbocycles. The van der Waals surface area contributed by atoms with E-state index in [9.17, 15) is 9.59 Å². The Morgan fingerprint density at radius 2 is 1.88 bits per heavy atom. The average Bonchev–Trinajstić information content (AvgIpc) is 2.50. The summed E-state index contributed by atoms with van der Waals surface area (Å²) in [4.78, 5) is 23.8. The standard InChI is InChI=1S/C13H16N2O2/c1-9(16)11-12(17)15(14-13(11,2)3)10-7-5-4-6-8-10/h4-8,11,14H,1-3H3. The molecule has 1 saturated heterocycles. The van der Waals surface area contributed by atoms with Crippen molar-refractivity contribution in [3.05, 3.63) is 30.3 Å². The van der Waals surface area contributed by atoms with Crippen LogP contribution in [0.25, 0.3) is 0 Å². The number of hydrazine groups is 1. The molecule has 17 heavy (non-hydrogen) atoms. The summed E-state index contributed by atoms with van der Waals surface area (Å²) in [6.45, 7) is 5.18. The molecule has 1 aliphatic heterocycles. The van der Waals surface area contributed by atoms with Gasteiger partial charge in [0.2, 0.25) is 0 Å². The number of nitrogens with zero attached hydrogens (tertiary/aromatic N) is 1. The SMILES string of the molecule is CC(=O)C1C(=O)N(c2ccccc2)NC1(C)C. The Morgan fingerprint density at radius 3 is 2.35 bits per heavy atom. The number of ketones is 1. The Morgan fingerprint density at radius 1 is 1.29 bits per heavy atom. The predicted molar refractivity (Wildman–Crippen MR) is 65.3 cm³/mol. The van der Waals surface area contributed by atoms with Crippen molar-refractivity contribution in [3.8, 4) is 0 Å². The maximum absolute atomic E-state index is 12.2. The third-order valence-corrected chi connectivity index (χ3v) is 3.01. The molecule has 0 spiro atoms. The van der Waals surface area contributed by atoms with E-state index < -0.39 is 11.5 Å². The van der Waals surface area contributed by atoms with Crippen LogP contribution in [0, 0.1) is 5.92 Å². The molecule has 0 aliphatic carbocycles. The number of carbonyl (C=O) groups is 2. The molecule has 1 atom stereocenters. The molecule has 4 heteroatoms. The summed E-state index contributed by atoms with van der Waals surface area (Å²) >= 11 is 0. The first-order valence-corrected chi connectivity index (χ1v) is 5.61. The first-order chi connectivity index (χ1) is 7.93. The lowest BCUT2D eigenvalue weighted by Gasteiger charge is -2.23. The number of carbonyl (C=O) groups excluding carboxylic acids is 2. The smallest absolute Gasteiger partial charge is 0.253 e. The third kappa shape index (κ3) is 1.96. The number of hydrogen-bond acceptors (Lipinski definition) is 3. The summed E-state index contributed by atoms with van der Waals surface area (Å²) in [6.07, 6.45) is 0. The summed E-state index contributed by atoms with van der Waals surface area (Å²) in [6, 6.07) is 9.28. The van der Waals surface area contributed by atoms with Crippen LogP contribution in [0.4, 0.5) is 5.69 Å². The van der Waals surface area contributed by atoms with E-state index in [2.05, 4.69) is 5.43 Å². The van der Waals surface area contributed by atoms with Crippen molar-refractivity contribution in [2.24, 2.45) is 5.92 Å². The van der Waals surface area contributed by atoms with E-state index in [1.165, 1.54) is 11.9 Å². The second-order valence-corrected chi connectivity index (χ2v) is 4.89. The highest BCUT2D eigenvalue weighted by molar-refractivity contribution is 6.10. The van der Waals surface area contributed by atoms with Crippen LogP contribution in [0.1, 0.15) is 20.8 Å². The van der Waals surface area contributed by atoms with Gasteiger partial charge in [0.25, 0.3) is 5.91 Å². The molecule has 4 nitrogen and oxygen atoms in total. The van der Waals surface area contributed by atoms with E-state index >= 15 is 0 Å². The van der Waals surface area contributed by atoms with Gasteiger partial charge in [-0.25, -0.2) is 10.4 Å². The molecule has 1 aliphatic rings. The second-order valence-electron chi connectivity index (χ2n) is 4.89. The number of hydrogen-bond donors (Lipinski definition) is 1. The zero-order valence-corrected chi connectivity index (χ0v) is 10.2. The fourth-order valence-electron chi connectivity index (χ4n) is 2.30. The molecule has 0 bridgehead atoms. The molecule has 0 aromatic heterocycles. The van der Waals surface area contributed by atoms with Crippen LogP contribution in [0.3, 0.4) is 0 Å². The van der Waals surface area contributed by atoms with Gasteiger partial charge >= 0.3 is 0 Å². The third-order valence-electron chi connectivity index (χ3n) is 3.01. The van der Waals surface area contributed by atoms with Gasteiger partial charge in [0.05, 0.1) is 11.2 Å². The van der Waals surface area contributed by atoms with Crippen molar-refractivity contribution < 1.29 is 9.59 Å². The molecular formula is C13H16N2O2. The monoisotopic (exact) mass is 232 g/mol. The number of nitrogens with one attached hydrogen (secondary N) is 1. The zero-order valence-electron chi connectivity index (χ0n) is 10.2. The molecular weight excluding hydrogens is 216 g/mol. The largest absolute Gasteiger partial charge is 0.299 e. The maximum atomic E-state index is 12.2. The van der Waals surface area contributed by atoms with Crippen molar-refractivity contribution in [3.63, 3.8) is 0 Å². The minimum atomic E-state index is -0.622. The maximum Gasteiger partial charge on any atom is 0.253 e. The Bertz CT molecular complexity index is 454. The Kier molecular flexibility index (Phi) is 2.75. The summed E-state index contributed by atoms with van der Waals surface area (Å²) in [5, 5.41) is 1.46. The van der Waals surface area contributed by atoms with Crippen LogP contribution in [-0.2, 0) is 9.59 Å². The normalized spacial score (nSPS) is 22.9. The van der Waals surface area contributed by atoms with Crippen LogP contribution in [0.15, 0.2) is 30.3 Å². The predicted octanol–water partition coefficient (Wildman–Crippen LogP) is 1.52. The minimum absolute atomic E-state index is 0.106. The topological polar surface area (TPSA) is 49.4 Å². The summed E-state index contributed by atoms with van der Waals surface area (Å²) in [5.41, 5.74) is 3.31. The van der Waals surface area contributed by atoms with E-state index in [1.54, 1.807) is 0 Å². The van der Waals surface area contributed by atoms with Crippen LogP contribution in [0.5, 0.6) is 0 Å². The summed E-state index contributed by atoms with van der Waals surface area (Å²) in [5.74, 6) is -0.915. The van der Waals surface area contributed by atoms with Crippen molar-refractivity contribution in [2.75, 3.05) is 5.01 Å². The van der Waals surface area contributed by atoms with E-state index in [0.717, 1.165) is 5.69 Å². The van der Waals surface area contributed by atoms with Gasteiger partial charge in [0, 0.05) is 0 Å². The van der Waals surface area contributed by atoms with Crippen LogP contribution in [0.2, 0.25) is 0 Å². The van der Waals surface area contributed by atoms with Crippen LogP contribution >= 0.6 is 0 Å². The first-order valence-electron chi connectivity index (χ1n) is 5.61. The number of rotatable bonds is 2. The highest BCUT2D eigenvalue weighted by atomic mass is 16.2. The highest BCUT2D eigenvalue weighted by Gasteiger charge is 2.49. The van der Waals surface area contributed by atoms with Gasteiger partial charge in [-0.2, -0.15) is 0 Å². The lowest BCUT2D eigenvalue weighted by molar-refractivity contribution is -0.130. The molecule has 1 N–H and O–H groups in total. The Balaban J connectivity index is 2.36. The number of anilines is 1. The van der Waals surface area contributed by atoms with Crippen molar-refractivity contribution in [1.82, 2.24) is 5.43 Å². The first kappa shape index (κ1) is 11.8. The molecule has 1 aromatic rings. The fourth-order valence-corrected chi connectivity index (χ4v) is 2.30. The molecule has 0 radical (unpaired) electrons. The molecule has 0 saturated carbocycles. The van der Waals surface area contributed by atoms with Gasteiger partial charge in [-0.05, 0) is 32.9 Å². The van der Waals surface area contributed by atoms with Gasteiger partial charge in [0.15, 0.2) is 0 Å². The van der Waals surface area contributed by atoms with Gasteiger partial charge in [-0.1, -0.05) is 18.2 Å². The molecule has 2 rings (SSSR count). The van der Waals surface area contributed by atoms with Crippen LogP contribution in [-0.4, -0.2) is 17.2 Å². The quantitative estimate of drug-likeness (QED) is 0.786. The summed E-state index contributed by atoms with van der Waals surface area (Å²) < 4.78 is 0. The van der Waals surface area contributed by atoms with E-state index in [-0.39, 0.29) is 11.7 Å². The Labute approximate surface area is 101 Å². The number of benzene rings is 1.